The molecule has 0 aliphatic rings. The van der Waals surface area contributed by atoms with Gasteiger partial charge >= 0.3 is 0 Å². The van der Waals surface area contributed by atoms with Gasteiger partial charge in [0.2, 0.25) is 0 Å². The fourth-order valence-corrected chi connectivity index (χ4v) is 2.22. The molecule has 2 heterocycles. The van der Waals surface area contributed by atoms with Crippen LogP contribution in [0.15, 0.2) is 42.7 Å². The Hall–Kier alpha value is -2.36. The van der Waals surface area contributed by atoms with E-state index < -0.39 is 0 Å². The highest BCUT2D eigenvalue weighted by molar-refractivity contribution is 5.87. The number of aryl methyl sites for hydroxylation is 1. The summed E-state index contributed by atoms with van der Waals surface area (Å²) in [4.78, 5) is 11.8. The number of aromatic amines is 1. The fraction of sp³-hybridized carbons (Fsp3) is 0.200. The largest absolute Gasteiger partial charge is 0.363 e. The maximum absolute atomic E-state index is 4.34. The second-order valence-electron chi connectivity index (χ2n) is 4.71. The molecule has 0 radical (unpaired) electrons. The Bertz CT molecular complexity index is 688. The van der Waals surface area contributed by atoms with Crippen LogP contribution in [-0.4, -0.2) is 15.0 Å². The molecule has 0 unspecified atom stereocenters. The van der Waals surface area contributed by atoms with Crippen molar-refractivity contribution in [3.05, 3.63) is 54.0 Å². The number of rotatable bonds is 3. The first-order valence-corrected chi connectivity index (χ1v) is 6.36. The van der Waals surface area contributed by atoms with E-state index in [9.17, 15) is 0 Å². The molecule has 0 aliphatic carbocycles. The van der Waals surface area contributed by atoms with E-state index in [1.807, 2.05) is 25.1 Å². The summed E-state index contributed by atoms with van der Waals surface area (Å²) in [5.74, 6) is 0.866. The Kier molecular flexibility index (Phi) is 2.91. The van der Waals surface area contributed by atoms with Crippen LogP contribution >= 0.6 is 0 Å². The zero-order valence-corrected chi connectivity index (χ0v) is 11.0. The summed E-state index contributed by atoms with van der Waals surface area (Å²) < 4.78 is 0. The van der Waals surface area contributed by atoms with Gasteiger partial charge in [0.25, 0.3) is 0 Å². The number of nitrogens with zero attached hydrogens (tertiary/aromatic N) is 2. The highest BCUT2D eigenvalue weighted by Gasteiger charge is 2.10. The lowest BCUT2D eigenvalue weighted by Gasteiger charge is -2.15. The van der Waals surface area contributed by atoms with E-state index in [0.717, 1.165) is 22.5 Å². The molecule has 0 aliphatic heterocycles. The molecule has 3 aromatic rings. The van der Waals surface area contributed by atoms with Gasteiger partial charge in [0.15, 0.2) is 0 Å². The third kappa shape index (κ3) is 2.29. The molecule has 3 rings (SSSR count). The van der Waals surface area contributed by atoms with Gasteiger partial charge in [-0.3, -0.25) is 0 Å². The second-order valence-corrected chi connectivity index (χ2v) is 4.71. The number of H-pyrrole nitrogens is 1. The molecular formula is C15H16N4. The number of nitrogens with one attached hydrogen (secondary N) is 2. The van der Waals surface area contributed by atoms with Gasteiger partial charge in [-0.2, -0.15) is 0 Å². The zero-order chi connectivity index (χ0) is 13.2. The topological polar surface area (TPSA) is 53.6 Å². The molecule has 1 atom stereocenters. The van der Waals surface area contributed by atoms with Crippen molar-refractivity contribution in [3.63, 3.8) is 0 Å². The third-order valence-corrected chi connectivity index (χ3v) is 3.21. The van der Waals surface area contributed by atoms with Crippen LogP contribution in [0.1, 0.15) is 24.2 Å². The zero-order valence-electron chi connectivity index (χ0n) is 11.0. The summed E-state index contributed by atoms with van der Waals surface area (Å²) in [5.41, 5.74) is 3.20. The van der Waals surface area contributed by atoms with E-state index in [2.05, 4.69) is 45.4 Å². The average molecular weight is 252 g/mol. The Morgan fingerprint density at radius 1 is 1.16 bits per heavy atom. The first-order valence-electron chi connectivity index (χ1n) is 6.36. The van der Waals surface area contributed by atoms with Gasteiger partial charge < -0.3 is 10.3 Å². The van der Waals surface area contributed by atoms with E-state index in [-0.39, 0.29) is 6.04 Å². The van der Waals surface area contributed by atoms with E-state index in [1.54, 1.807) is 6.33 Å². The molecule has 0 spiro atoms. The number of fused-ring (bicyclic) bond motifs is 1. The lowest BCUT2D eigenvalue weighted by Crippen LogP contribution is -2.08. The minimum Gasteiger partial charge on any atom is -0.363 e. The van der Waals surface area contributed by atoms with Gasteiger partial charge in [-0.05, 0) is 25.5 Å². The van der Waals surface area contributed by atoms with Crippen molar-refractivity contribution in [1.82, 2.24) is 15.0 Å². The second kappa shape index (κ2) is 4.72. The van der Waals surface area contributed by atoms with Gasteiger partial charge in [-0.15, -0.1) is 0 Å². The highest BCUT2D eigenvalue weighted by Crippen LogP contribution is 2.24. The van der Waals surface area contributed by atoms with Gasteiger partial charge in [-0.25, -0.2) is 9.97 Å². The third-order valence-electron chi connectivity index (χ3n) is 3.21. The molecule has 2 aromatic heterocycles. The number of benzene rings is 1. The van der Waals surface area contributed by atoms with Crippen LogP contribution in [0.4, 0.5) is 5.82 Å². The standard InChI is InChI=1S/C15H16N4/c1-10-8-13-14(18-10)16-9-17-15(13)19-11(2)12-6-4-3-5-7-12/h3-9,11H,1-2H3,(H2,16,17,18,19)/t11-/m0/s1. The molecule has 0 saturated carbocycles. The van der Waals surface area contributed by atoms with E-state index in [1.165, 1.54) is 5.56 Å². The summed E-state index contributed by atoms with van der Waals surface area (Å²) in [7, 11) is 0. The quantitative estimate of drug-likeness (QED) is 0.750. The van der Waals surface area contributed by atoms with Crippen molar-refractivity contribution >= 4 is 16.9 Å². The molecule has 0 bridgehead atoms. The first-order chi connectivity index (χ1) is 9.24. The Morgan fingerprint density at radius 2 is 1.95 bits per heavy atom. The molecule has 2 N–H and O–H groups in total. The number of hydrogen-bond acceptors (Lipinski definition) is 3. The minimum absolute atomic E-state index is 0.203. The molecular weight excluding hydrogens is 236 g/mol. The SMILES string of the molecule is Cc1cc2c(N[C@@H](C)c3ccccc3)ncnc2[nH]1. The van der Waals surface area contributed by atoms with Crippen molar-refractivity contribution in [3.8, 4) is 0 Å². The van der Waals surface area contributed by atoms with Crippen LogP contribution in [0.3, 0.4) is 0 Å². The molecule has 96 valence electrons. The van der Waals surface area contributed by atoms with E-state index in [4.69, 9.17) is 0 Å². The number of aromatic nitrogens is 3. The number of hydrogen-bond donors (Lipinski definition) is 2. The van der Waals surface area contributed by atoms with Gasteiger partial charge in [0.05, 0.1) is 5.39 Å². The molecule has 0 amide bonds. The van der Waals surface area contributed by atoms with Crippen molar-refractivity contribution in [1.29, 1.82) is 0 Å². The molecule has 4 nitrogen and oxygen atoms in total. The van der Waals surface area contributed by atoms with Crippen LogP contribution in [0.25, 0.3) is 11.0 Å². The lowest BCUT2D eigenvalue weighted by molar-refractivity contribution is 0.876. The Morgan fingerprint density at radius 3 is 2.74 bits per heavy atom. The molecule has 4 heteroatoms. The monoisotopic (exact) mass is 252 g/mol. The predicted octanol–water partition coefficient (Wildman–Crippen LogP) is 3.44. The van der Waals surface area contributed by atoms with Gasteiger partial charge in [-0.1, -0.05) is 30.3 Å². The highest BCUT2D eigenvalue weighted by atomic mass is 15.0. The van der Waals surface area contributed by atoms with Crippen LogP contribution < -0.4 is 5.32 Å². The Balaban J connectivity index is 1.93. The lowest BCUT2D eigenvalue weighted by atomic mass is 10.1. The summed E-state index contributed by atoms with van der Waals surface area (Å²) in [5, 5.41) is 4.47. The first kappa shape index (κ1) is 11.7. The molecule has 0 fully saturated rings. The van der Waals surface area contributed by atoms with Gasteiger partial charge in [0.1, 0.15) is 17.8 Å². The van der Waals surface area contributed by atoms with Crippen molar-refractivity contribution in [2.24, 2.45) is 0 Å². The van der Waals surface area contributed by atoms with E-state index >= 15 is 0 Å². The van der Waals surface area contributed by atoms with Crippen molar-refractivity contribution < 1.29 is 0 Å². The molecule has 19 heavy (non-hydrogen) atoms. The van der Waals surface area contributed by atoms with Crippen molar-refractivity contribution in [2.75, 3.05) is 5.32 Å². The van der Waals surface area contributed by atoms with Crippen LogP contribution in [0.5, 0.6) is 0 Å². The van der Waals surface area contributed by atoms with E-state index in [0.29, 0.717) is 0 Å². The summed E-state index contributed by atoms with van der Waals surface area (Å²) >= 11 is 0. The van der Waals surface area contributed by atoms with Crippen LogP contribution in [0, 0.1) is 6.92 Å². The fourth-order valence-electron chi connectivity index (χ4n) is 2.22. The minimum atomic E-state index is 0.203. The summed E-state index contributed by atoms with van der Waals surface area (Å²) in [6, 6.07) is 12.6. The Labute approximate surface area is 111 Å². The summed E-state index contributed by atoms with van der Waals surface area (Å²) in [6.07, 6.45) is 1.58. The molecule has 0 saturated heterocycles. The summed E-state index contributed by atoms with van der Waals surface area (Å²) in [6.45, 7) is 4.15. The predicted molar refractivity (Wildman–Crippen MR) is 77.1 cm³/mol. The van der Waals surface area contributed by atoms with Crippen molar-refractivity contribution in [2.45, 2.75) is 19.9 Å². The van der Waals surface area contributed by atoms with Gasteiger partial charge in [0, 0.05) is 11.7 Å². The average Bonchev–Trinajstić information content (AvgIpc) is 2.81. The number of anilines is 1. The molecule has 1 aromatic carbocycles. The van der Waals surface area contributed by atoms with Crippen LogP contribution in [0.2, 0.25) is 0 Å². The normalized spacial score (nSPS) is 12.5. The maximum atomic E-state index is 4.34. The van der Waals surface area contributed by atoms with Crippen LogP contribution in [-0.2, 0) is 0 Å². The smallest absolute Gasteiger partial charge is 0.143 e. The maximum Gasteiger partial charge on any atom is 0.143 e.